The average molecular weight is 394 g/mol. The van der Waals surface area contributed by atoms with Gasteiger partial charge in [-0.2, -0.15) is 0 Å². The molecule has 0 saturated heterocycles. The van der Waals surface area contributed by atoms with E-state index in [9.17, 15) is 13.6 Å². The number of hydrogen-bond acceptors (Lipinski definition) is 1. The van der Waals surface area contributed by atoms with Gasteiger partial charge in [-0.15, -0.1) is 0 Å². The highest BCUT2D eigenvalue weighted by Crippen LogP contribution is 2.16. The van der Waals surface area contributed by atoms with E-state index in [1.807, 2.05) is 0 Å². The fourth-order valence-corrected chi connectivity index (χ4v) is 3.16. The number of benzene rings is 1. The highest BCUT2D eigenvalue weighted by molar-refractivity contribution is 5.90. The predicted molar refractivity (Wildman–Crippen MR) is 114 cm³/mol. The van der Waals surface area contributed by atoms with Crippen molar-refractivity contribution in [2.75, 3.05) is 5.32 Å². The van der Waals surface area contributed by atoms with Crippen molar-refractivity contribution < 1.29 is 13.6 Å². The first kappa shape index (κ1) is 24.3. The molecule has 0 atom stereocenters. The van der Waals surface area contributed by atoms with Crippen LogP contribution in [0.3, 0.4) is 0 Å². The van der Waals surface area contributed by atoms with Gasteiger partial charge in [0, 0.05) is 12.5 Å². The molecule has 28 heavy (non-hydrogen) atoms. The Bertz CT molecular complexity index is 572. The van der Waals surface area contributed by atoms with Gasteiger partial charge in [0.15, 0.2) is 0 Å². The number of rotatable bonds is 16. The lowest BCUT2D eigenvalue weighted by Gasteiger charge is -2.06. The fraction of sp³-hybridized carbons (Fsp3) is 0.625. The lowest BCUT2D eigenvalue weighted by atomic mass is 10.1. The summed E-state index contributed by atoms with van der Waals surface area (Å²) in [4.78, 5) is 11.8. The first-order valence-electron chi connectivity index (χ1n) is 11.0. The molecule has 0 unspecified atom stereocenters. The summed E-state index contributed by atoms with van der Waals surface area (Å²) in [6.07, 6.45) is 20.7. The van der Waals surface area contributed by atoms with Gasteiger partial charge in [-0.1, -0.05) is 70.4 Å². The van der Waals surface area contributed by atoms with Crippen LogP contribution in [0.2, 0.25) is 0 Å². The third-order valence-electron chi connectivity index (χ3n) is 4.87. The van der Waals surface area contributed by atoms with E-state index >= 15 is 0 Å². The molecule has 0 saturated carbocycles. The van der Waals surface area contributed by atoms with E-state index in [4.69, 9.17) is 0 Å². The maximum Gasteiger partial charge on any atom is 0.224 e. The molecule has 0 aromatic heterocycles. The van der Waals surface area contributed by atoms with Crippen LogP contribution in [-0.2, 0) is 4.79 Å². The molecular weight excluding hydrogens is 356 g/mol. The van der Waals surface area contributed by atoms with E-state index < -0.39 is 11.6 Å². The standard InChI is InChI=1S/C24H37F2NO/c1-2-3-4-5-6-7-8-9-10-11-12-13-14-15-16-17-24(28)27-23-19-18-21(25)20-22(23)26/h9-10,18-20H,2-8,11-17H2,1H3,(H,27,28)/b10-9+. The Morgan fingerprint density at radius 1 is 0.857 bits per heavy atom. The van der Waals surface area contributed by atoms with Gasteiger partial charge < -0.3 is 5.32 Å². The highest BCUT2D eigenvalue weighted by Gasteiger charge is 2.07. The summed E-state index contributed by atoms with van der Waals surface area (Å²) in [6.45, 7) is 2.25. The maximum absolute atomic E-state index is 13.5. The van der Waals surface area contributed by atoms with E-state index in [1.165, 1.54) is 63.9 Å². The molecule has 4 heteroatoms. The van der Waals surface area contributed by atoms with Crippen molar-refractivity contribution in [1.29, 1.82) is 0 Å². The number of nitrogens with one attached hydrogen (secondary N) is 1. The van der Waals surface area contributed by atoms with E-state index in [0.29, 0.717) is 6.42 Å². The molecule has 1 N–H and O–H groups in total. The van der Waals surface area contributed by atoms with Crippen LogP contribution < -0.4 is 5.32 Å². The minimum atomic E-state index is -0.738. The van der Waals surface area contributed by atoms with Crippen molar-refractivity contribution in [1.82, 2.24) is 0 Å². The minimum absolute atomic E-state index is 0.0409. The minimum Gasteiger partial charge on any atom is -0.324 e. The molecule has 1 aromatic rings. The number of carbonyl (C=O) groups excluding carboxylic acids is 1. The first-order chi connectivity index (χ1) is 13.6. The molecule has 158 valence electrons. The Morgan fingerprint density at radius 2 is 1.43 bits per heavy atom. The van der Waals surface area contributed by atoms with Crippen molar-refractivity contribution in [3.05, 3.63) is 42.0 Å². The smallest absolute Gasteiger partial charge is 0.224 e. The van der Waals surface area contributed by atoms with Gasteiger partial charge in [0.05, 0.1) is 5.69 Å². The average Bonchev–Trinajstić information content (AvgIpc) is 2.67. The number of allylic oxidation sites excluding steroid dienone is 2. The Balaban J connectivity index is 1.92. The van der Waals surface area contributed by atoms with Gasteiger partial charge in [-0.25, -0.2) is 8.78 Å². The number of carbonyl (C=O) groups is 1. The molecule has 1 rings (SSSR count). The quantitative estimate of drug-likeness (QED) is 0.224. The molecule has 1 aromatic carbocycles. The first-order valence-corrected chi connectivity index (χ1v) is 11.0. The van der Waals surface area contributed by atoms with Gasteiger partial charge in [0.25, 0.3) is 0 Å². The third kappa shape index (κ3) is 12.6. The van der Waals surface area contributed by atoms with Crippen molar-refractivity contribution in [2.45, 2.75) is 96.8 Å². The molecule has 0 aliphatic carbocycles. The van der Waals surface area contributed by atoms with Crippen molar-refractivity contribution in [2.24, 2.45) is 0 Å². The third-order valence-corrected chi connectivity index (χ3v) is 4.87. The van der Waals surface area contributed by atoms with Crippen LogP contribution >= 0.6 is 0 Å². The number of amides is 1. The highest BCUT2D eigenvalue weighted by atomic mass is 19.1. The monoisotopic (exact) mass is 393 g/mol. The lowest BCUT2D eigenvalue weighted by Crippen LogP contribution is -2.12. The molecule has 0 aliphatic heterocycles. The molecule has 0 aliphatic rings. The SMILES string of the molecule is CCCCCCCC/C=C/CCCCCCCC(=O)Nc1ccc(F)cc1F. The molecule has 0 heterocycles. The predicted octanol–water partition coefficient (Wildman–Crippen LogP) is 7.94. The van der Waals surface area contributed by atoms with E-state index in [0.717, 1.165) is 37.8 Å². The van der Waals surface area contributed by atoms with Crippen LogP contribution in [0.1, 0.15) is 96.8 Å². The summed E-state index contributed by atoms with van der Waals surface area (Å²) in [6, 6.07) is 3.17. The van der Waals surface area contributed by atoms with Crippen molar-refractivity contribution in [3.8, 4) is 0 Å². The number of anilines is 1. The molecule has 1 amide bonds. The van der Waals surface area contributed by atoms with Crippen LogP contribution in [0.15, 0.2) is 30.4 Å². The summed E-state index contributed by atoms with van der Waals surface area (Å²) in [5.74, 6) is -1.60. The number of halogens is 2. The zero-order valence-electron chi connectivity index (χ0n) is 17.5. The van der Waals surface area contributed by atoms with E-state index in [2.05, 4.69) is 24.4 Å². The van der Waals surface area contributed by atoms with Gasteiger partial charge >= 0.3 is 0 Å². The number of unbranched alkanes of at least 4 members (excludes halogenated alkanes) is 11. The fourth-order valence-electron chi connectivity index (χ4n) is 3.16. The molecule has 2 nitrogen and oxygen atoms in total. The lowest BCUT2D eigenvalue weighted by molar-refractivity contribution is -0.116. The summed E-state index contributed by atoms with van der Waals surface area (Å²) in [5, 5.41) is 2.50. The maximum atomic E-state index is 13.5. The largest absolute Gasteiger partial charge is 0.324 e. The summed E-state index contributed by atoms with van der Waals surface area (Å²) in [7, 11) is 0. The van der Waals surface area contributed by atoms with Crippen LogP contribution in [0, 0.1) is 11.6 Å². The van der Waals surface area contributed by atoms with Crippen LogP contribution in [0.25, 0.3) is 0 Å². The van der Waals surface area contributed by atoms with E-state index in [1.54, 1.807) is 0 Å². The summed E-state index contributed by atoms with van der Waals surface area (Å²) < 4.78 is 26.3. The van der Waals surface area contributed by atoms with Gasteiger partial charge in [-0.05, 0) is 44.2 Å². The molecule has 0 bridgehead atoms. The van der Waals surface area contributed by atoms with Crippen molar-refractivity contribution in [3.63, 3.8) is 0 Å². The van der Waals surface area contributed by atoms with Crippen LogP contribution in [0.5, 0.6) is 0 Å². The van der Waals surface area contributed by atoms with E-state index in [-0.39, 0.29) is 11.6 Å². The molecular formula is C24H37F2NO. The number of hydrogen-bond donors (Lipinski definition) is 1. The normalized spacial score (nSPS) is 11.2. The second-order valence-electron chi connectivity index (χ2n) is 7.51. The van der Waals surface area contributed by atoms with Crippen LogP contribution in [-0.4, -0.2) is 5.91 Å². The molecule has 0 spiro atoms. The second kappa shape index (κ2) is 16.3. The summed E-state index contributed by atoms with van der Waals surface area (Å²) in [5.41, 5.74) is 0.0409. The topological polar surface area (TPSA) is 29.1 Å². The van der Waals surface area contributed by atoms with Gasteiger partial charge in [0.2, 0.25) is 5.91 Å². The Labute approximate surface area is 169 Å². The molecule has 0 fully saturated rings. The Kier molecular flexibility index (Phi) is 14.1. The van der Waals surface area contributed by atoms with Gasteiger partial charge in [-0.3, -0.25) is 4.79 Å². The Hall–Kier alpha value is -1.71. The summed E-state index contributed by atoms with van der Waals surface area (Å²) >= 11 is 0. The second-order valence-corrected chi connectivity index (χ2v) is 7.51. The zero-order chi connectivity index (χ0) is 20.5. The van der Waals surface area contributed by atoms with Crippen molar-refractivity contribution >= 4 is 11.6 Å². The zero-order valence-corrected chi connectivity index (χ0v) is 17.5. The van der Waals surface area contributed by atoms with Crippen LogP contribution in [0.4, 0.5) is 14.5 Å². The van der Waals surface area contributed by atoms with Gasteiger partial charge in [0.1, 0.15) is 11.6 Å². The molecule has 0 radical (unpaired) electrons. The Morgan fingerprint density at radius 3 is 2.04 bits per heavy atom.